The molecule has 0 aliphatic rings. The first-order valence-corrected chi connectivity index (χ1v) is 8.70. The highest BCUT2D eigenvalue weighted by Gasteiger charge is 2.05. The molecule has 8 nitrogen and oxygen atoms in total. The number of carbonyl (C=O) groups excluding carboxylic acids is 1. The van der Waals surface area contributed by atoms with E-state index in [0.29, 0.717) is 23.9 Å². The summed E-state index contributed by atoms with van der Waals surface area (Å²) < 4.78 is 9.84. The molecule has 0 atom stereocenters. The fourth-order valence-corrected chi connectivity index (χ4v) is 2.50. The molecule has 0 unspecified atom stereocenters. The molecule has 28 heavy (non-hydrogen) atoms. The topological polar surface area (TPSA) is 98.3 Å². The maximum Gasteiger partial charge on any atom is 0.337 e. The van der Waals surface area contributed by atoms with Gasteiger partial charge in [-0.1, -0.05) is 12.1 Å². The summed E-state index contributed by atoms with van der Waals surface area (Å²) in [5, 5.41) is 14.2. The monoisotopic (exact) mass is 379 g/mol. The van der Waals surface area contributed by atoms with Gasteiger partial charge >= 0.3 is 5.97 Å². The van der Waals surface area contributed by atoms with Crippen LogP contribution in [0, 0.1) is 0 Å². The Hall–Kier alpha value is -3.68. The number of methoxy groups -OCH3 is 2. The number of anilines is 3. The molecule has 0 aliphatic heterocycles. The second-order valence-electron chi connectivity index (χ2n) is 5.88. The molecule has 3 rings (SSSR count). The van der Waals surface area contributed by atoms with Gasteiger partial charge in [-0.05, 0) is 48.4 Å². The van der Waals surface area contributed by atoms with Crippen LogP contribution < -0.4 is 15.4 Å². The van der Waals surface area contributed by atoms with E-state index in [-0.39, 0.29) is 5.97 Å². The van der Waals surface area contributed by atoms with E-state index in [1.54, 1.807) is 31.4 Å². The Morgan fingerprint density at radius 3 is 2.46 bits per heavy atom. The average Bonchev–Trinajstić information content (AvgIpc) is 2.74. The number of aromatic nitrogens is 3. The lowest BCUT2D eigenvalue weighted by Gasteiger charge is -2.08. The van der Waals surface area contributed by atoms with Crippen molar-refractivity contribution in [3.63, 3.8) is 0 Å². The molecule has 0 saturated carbocycles. The van der Waals surface area contributed by atoms with Crippen molar-refractivity contribution in [1.82, 2.24) is 15.2 Å². The van der Waals surface area contributed by atoms with Gasteiger partial charge in [0.1, 0.15) is 5.75 Å². The highest BCUT2D eigenvalue weighted by Crippen LogP contribution is 2.16. The van der Waals surface area contributed by atoms with Crippen molar-refractivity contribution in [2.24, 2.45) is 0 Å². The Morgan fingerprint density at radius 2 is 1.79 bits per heavy atom. The summed E-state index contributed by atoms with van der Waals surface area (Å²) in [6.07, 6.45) is 2.35. The van der Waals surface area contributed by atoms with Crippen LogP contribution in [-0.2, 0) is 11.2 Å². The Labute approximate surface area is 162 Å². The van der Waals surface area contributed by atoms with Crippen molar-refractivity contribution >= 4 is 23.4 Å². The first-order chi connectivity index (χ1) is 13.7. The van der Waals surface area contributed by atoms with Gasteiger partial charge in [-0.2, -0.15) is 10.1 Å². The molecule has 0 saturated heterocycles. The minimum atomic E-state index is -0.376. The number of esters is 1. The van der Waals surface area contributed by atoms with E-state index in [1.165, 1.54) is 18.9 Å². The third-order valence-electron chi connectivity index (χ3n) is 3.99. The van der Waals surface area contributed by atoms with Crippen LogP contribution in [0.4, 0.5) is 17.5 Å². The van der Waals surface area contributed by atoms with Crippen molar-refractivity contribution in [1.29, 1.82) is 0 Å². The van der Waals surface area contributed by atoms with Gasteiger partial charge in [-0.25, -0.2) is 4.79 Å². The van der Waals surface area contributed by atoms with Crippen LogP contribution in [0.5, 0.6) is 5.75 Å². The average molecular weight is 379 g/mol. The summed E-state index contributed by atoms with van der Waals surface area (Å²) in [6.45, 7) is 0.672. The van der Waals surface area contributed by atoms with E-state index >= 15 is 0 Å². The summed E-state index contributed by atoms with van der Waals surface area (Å²) >= 11 is 0. The first kappa shape index (κ1) is 19.1. The number of ether oxygens (including phenoxy) is 2. The second-order valence-corrected chi connectivity index (χ2v) is 5.88. The lowest BCUT2D eigenvalue weighted by molar-refractivity contribution is 0.0601. The van der Waals surface area contributed by atoms with Gasteiger partial charge in [0.25, 0.3) is 0 Å². The van der Waals surface area contributed by atoms with Crippen LogP contribution in [0.15, 0.2) is 54.7 Å². The van der Waals surface area contributed by atoms with Crippen LogP contribution in [0.3, 0.4) is 0 Å². The standard InChI is InChI=1S/C20H21N5O3/c1-27-17-9-3-14(4-10-17)11-12-21-20-24-18(13-22-25-20)23-16-7-5-15(6-8-16)19(26)28-2/h3-10,13H,11-12H2,1-2H3,(H2,21,23,24,25). The van der Waals surface area contributed by atoms with Crippen molar-refractivity contribution in [3.05, 3.63) is 65.9 Å². The molecule has 0 bridgehead atoms. The van der Waals surface area contributed by atoms with Crippen molar-refractivity contribution in [3.8, 4) is 5.75 Å². The number of nitrogens with zero attached hydrogens (tertiary/aromatic N) is 3. The molecule has 2 N–H and O–H groups in total. The third kappa shape index (κ3) is 5.16. The number of nitrogens with one attached hydrogen (secondary N) is 2. The normalized spacial score (nSPS) is 10.2. The zero-order valence-electron chi connectivity index (χ0n) is 15.7. The fraction of sp³-hybridized carbons (Fsp3) is 0.200. The van der Waals surface area contributed by atoms with E-state index in [2.05, 4.69) is 30.6 Å². The number of carbonyl (C=O) groups is 1. The Balaban J connectivity index is 1.55. The molecule has 0 aliphatic carbocycles. The molecule has 0 radical (unpaired) electrons. The molecule has 144 valence electrons. The van der Waals surface area contributed by atoms with Crippen molar-refractivity contribution < 1.29 is 14.3 Å². The summed E-state index contributed by atoms with van der Waals surface area (Å²) in [6, 6.07) is 14.8. The van der Waals surface area contributed by atoms with Crippen molar-refractivity contribution in [2.45, 2.75) is 6.42 Å². The van der Waals surface area contributed by atoms with E-state index in [4.69, 9.17) is 4.74 Å². The lowest BCUT2D eigenvalue weighted by atomic mass is 10.1. The SMILES string of the molecule is COC(=O)c1ccc(Nc2cnnc(NCCc3ccc(OC)cc3)n2)cc1. The van der Waals surface area contributed by atoms with Crippen LogP contribution >= 0.6 is 0 Å². The zero-order chi connectivity index (χ0) is 19.8. The van der Waals surface area contributed by atoms with E-state index in [0.717, 1.165) is 17.9 Å². The van der Waals surface area contributed by atoms with E-state index in [1.807, 2.05) is 24.3 Å². The summed E-state index contributed by atoms with van der Waals surface area (Å²) in [7, 11) is 3.00. The molecule has 8 heteroatoms. The van der Waals surface area contributed by atoms with Gasteiger partial charge in [-0.3, -0.25) is 0 Å². The van der Waals surface area contributed by atoms with Crippen LogP contribution in [0.25, 0.3) is 0 Å². The van der Waals surface area contributed by atoms with E-state index in [9.17, 15) is 4.79 Å². The van der Waals surface area contributed by atoms with Gasteiger partial charge in [0.05, 0.1) is 26.0 Å². The molecular weight excluding hydrogens is 358 g/mol. The maximum absolute atomic E-state index is 11.5. The third-order valence-corrected chi connectivity index (χ3v) is 3.99. The van der Waals surface area contributed by atoms with Gasteiger partial charge < -0.3 is 20.1 Å². The zero-order valence-corrected chi connectivity index (χ0v) is 15.7. The smallest absolute Gasteiger partial charge is 0.337 e. The van der Waals surface area contributed by atoms with Gasteiger partial charge in [0.2, 0.25) is 5.95 Å². The Bertz CT molecular complexity index is 914. The highest BCUT2D eigenvalue weighted by atomic mass is 16.5. The van der Waals surface area contributed by atoms with Crippen molar-refractivity contribution in [2.75, 3.05) is 31.4 Å². The molecule has 0 spiro atoms. The largest absolute Gasteiger partial charge is 0.497 e. The molecule has 1 heterocycles. The van der Waals surface area contributed by atoms with Crippen LogP contribution in [0.2, 0.25) is 0 Å². The quantitative estimate of drug-likeness (QED) is 0.576. The Morgan fingerprint density at radius 1 is 1.04 bits per heavy atom. The summed E-state index contributed by atoms with van der Waals surface area (Å²) in [5.74, 6) is 1.44. The predicted octanol–water partition coefficient (Wildman–Crippen LogP) is 3.07. The number of benzene rings is 2. The van der Waals surface area contributed by atoms with Crippen LogP contribution in [0.1, 0.15) is 15.9 Å². The molecule has 0 amide bonds. The second kappa shape index (κ2) is 9.31. The van der Waals surface area contributed by atoms with Gasteiger partial charge in [0.15, 0.2) is 5.82 Å². The van der Waals surface area contributed by atoms with E-state index < -0.39 is 0 Å². The molecular formula is C20H21N5O3. The van der Waals surface area contributed by atoms with Crippen LogP contribution in [-0.4, -0.2) is 41.9 Å². The lowest BCUT2D eigenvalue weighted by Crippen LogP contribution is -2.09. The van der Waals surface area contributed by atoms with Gasteiger partial charge in [-0.15, -0.1) is 5.10 Å². The number of hydrogen-bond donors (Lipinski definition) is 2. The highest BCUT2D eigenvalue weighted by molar-refractivity contribution is 5.89. The summed E-state index contributed by atoms with van der Waals surface area (Å²) in [4.78, 5) is 15.9. The Kier molecular flexibility index (Phi) is 6.35. The molecule has 0 fully saturated rings. The fourth-order valence-electron chi connectivity index (χ4n) is 2.50. The number of rotatable bonds is 8. The minimum Gasteiger partial charge on any atom is -0.497 e. The minimum absolute atomic E-state index is 0.376. The maximum atomic E-state index is 11.5. The van der Waals surface area contributed by atoms with Gasteiger partial charge in [0, 0.05) is 12.2 Å². The molecule has 3 aromatic rings. The first-order valence-electron chi connectivity index (χ1n) is 8.70. The summed E-state index contributed by atoms with van der Waals surface area (Å²) in [5.41, 5.74) is 2.44. The molecule has 1 aromatic heterocycles. The number of hydrogen-bond acceptors (Lipinski definition) is 8. The predicted molar refractivity (Wildman–Crippen MR) is 106 cm³/mol. The molecule has 2 aromatic carbocycles.